The van der Waals surface area contributed by atoms with Gasteiger partial charge in [-0.1, -0.05) is 0 Å². The molecule has 0 aromatic heterocycles. The molecule has 1 aliphatic rings. The summed E-state index contributed by atoms with van der Waals surface area (Å²) in [5, 5.41) is 8.72. The molecule has 78 valence electrons. The lowest BCUT2D eigenvalue weighted by atomic mass is 9.95. The first-order valence-electron chi connectivity index (χ1n) is 4.83. The smallest absolute Gasteiger partial charge is 0.251 e. The summed E-state index contributed by atoms with van der Waals surface area (Å²) in [6, 6.07) is 0. The Morgan fingerprint density at radius 1 is 1.46 bits per heavy atom. The molecule has 0 aromatic rings. The minimum absolute atomic E-state index is 0.109. The third-order valence-electron chi connectivity index (χ3n) is 2.54. The van der Waals surface area contributed by atoms with Gasteiger partial charge in [-0.3, -0.25) is 4.90 Å². The fourth-order valence-electron chi connectivity index (χ4n) is 1.93. The molecule has 0 saturated carbocycles. The number of likely N-dealkylation sites (tertiary alicyclic amines) is 1. The molecule has 4 heteroatoms. The molecule has 0 amide bonds. The van der Waals surface area contributed by atoms with Gasteiger partial charge in [0.2, 0.25) is 0 Å². The average molecular weight is 193 g/mol. The van der Waals surface area contributed by atoms with Crippen LogP contribution in [0.5, 0.6) is 0 Å². The minimum Gasteiger partial charge on any atom is -0.396 e. The van der Waals surface area contributed by atoms with Crippen LogP contribution in [0, 0.1) is 5.92 Å². The summed E-state index contributed by atoms with van der Waals surface area (Å²) in [5.41, 5.74) is 0. The Morgan fingerprint density at radius 3 is 2.85 bits per heavy atom. The molecular weight excluding hydrogens is 176 g/mol. The SMILES string of the molecule is OCCC1CCCN(CC(F)F)C1. The predicted octanol–water partition coefficient (Wildman–Crippen LogP) is 1.35. The monoisotopic (exact) mass is 193 g/mol. The zero-order chi connectivity index (χ0) is 9.68. The van der Waals surface area contributed by atoms with Gasteiger partial charge in [0.25, 0.3) is 6.43 Å². The van der Waals surface area contributed by atoms with Gasteiger partial charge in [0.05, 0.1) is 6.54 Å². The van der Waals surface area contributed by atoms with Gasteiger partial charge >= 0.3 is 0 Å². The van der Waals surface area contributed by atoms with E-state index in [2.05, 4.69) is 0 Å². The molecule has 1 rings (SSSR count). The maximum absolute atomic E-state index is 12.0. The number of alkyl halides is 2. The predicted molar refractivity (Wildman–Crippen MR) is 46.9 cm³/mol. The first-order valence-corrected chi connectivity index (χ1v) is 4.83. The Balaban J connectivity index is 2.24. The molecule has 0 spiro atoms. The van der Waals surface area contributed by atoms with Gasteiger partial charge in [0, 0.05) is 13.2 Å². The molecule has 0 bridgehead atoms. The summed E-state index contributed by atoms with van der Waals surface area (Å²) in [6.07, 6.45) is 0.574. The van der Waals surface area contributed by atoms with E-state index in [0.717, 1.165) is 32.4 Å². The number of piperidine rings is 1. The lowest BCUT2D eigenvalue weighted by Gasteiger charge is -2.32. The molecule has 1 atom stereocenters. The Hall–Kier alpha value is -0.220. The van der Waals surface area contributed by atoms with Crippen molar-refractivity contribution in [1.82, 2.24) is 4.90 Å². The van der Waals surface area contributed by atoms with E-state index in [1.165, 1.54) is 0 Å². The summed E-state index contributed by atoms with van der Waals surface area (Å²) in [7, 11) is 0. The molecule has 0 aliphatic carbocycles. The third kappa shape index (κ3) is 4.00. The van der Waals surface area contributed by atoms with Crippen LogP contribution in [0.3, 0.4) is 0 Å². The van der Waals surface area contributed by atoms with Crippen LogP contribution in [0.2, 0.25) is 0 Å². The van der Waals surface area contributed by atoms with E-state index in [9.17, 15) is 8.78 Å². The highest BCUT2D eigenvalue weighted by atomic mass is 19.3. The number of hydrogen-bond donors (Lipinski definition) is 1. The van der Waals surface area contributed by atoms with E-state index in [1.54, 1.807) is 4.90 Å². The van der Waals surface area contributed by atoms with E-state index in [-0.39, 0.29) is 13.2 Å². The van der Waals surface area contributed by atoms with Gasteiger partial charge < -0.3 is 5.11 Å². The third-order valence-corrected chi connectivity index (χ3v) is 2.54. The second-order valence-electron chi connectivity index (χ2n) is 3.67. The number of halogens is 2. The zero-order valence-electron chi connectivity index (χ0n) is 7.75. The average Bonchev–Trinajstić information content (AvgIpc) is 2.04. The van der Waals surface area contributed by atoms with Crippen molar-refractivity contribution in [1.29, 1.82) is 0 Å². The van der Waals surface area contributed by atoms with Crippen LogP contribution in [0.4, 0.5) is 8.78 Å². The van der Waals surface area contributed by atoms with Crippen molar-refractivity contribution >= 4 is 0 Å². The number of nitrogens with zero attached hydrogens (tertiary/aromatic N) is 1. The molecule has 1 saturated heterocycles. The number of aliphatic hydroxyl groups excluding tert-OH is 1. The highest BCUT2D eigenvalue weighted by Gasteiger charge is 2.21. The van der Waals surface area contributed by atoms with Crippen LogP contribution < -0.4 is 0 Å². The highest BCUT2D eigenvalue weighted by Crippen LogP contribution is 2.19. The van der Waals surface area contributed by atoms with Gasteiger partial charge in [-0.15, -0.1) is 0 Å². The first kappa shape index (κ1) is 10.9. The van der Waals surface area contributed by atoms with E-state index in [4.69, 9.17) is 5.11 Å². The quantitative estimate of drug-likeness (QED) is 0.728. The van der Waals surface area contributed by atoms with Crippen molar-refractivity contribution in [2.75, 3.05) is 26.2 Å². The Labute approximate surface area is 77.5 Å². The van der Waals surface area contributed by atoms with Crippen molar-refractivity contribution in [2.45, 2.75) is 25.7 Å². The number of rotatable bonds is 4. The van der Waals surface area contributed by atoms with Crippen LogP contribution in [0.1, 0.15) is 19.3 Å². The second kappa shape index (κ2) is 5.50. The molecule has 1 aliphatic heterocycles. The summed E-state index contributed by atoms with van der Waals surface area (Å²) >= 11 is 0. The van der Waals surface area contributed by atoms with Gasteiger partial charge in [0.1, 0.15) is 0 Å². The van der Waals surface area contributed by atoms with Crippen molar-refractivity contribution in [3.8, 4) is 0 Å². The van der Waals surface area contributed by atoms with Crippen molar-refractivity contribution in [3.05, 3.63) is 0 Å². The molecule has 1 unspecified atom stereocenters. The molecular formula is C9H17F2NO. The van der Waals surface area contributed by atoms with Crippen molar-refractivity contribution < 1.29 is 13.9 Å². The maximum Gasteiger partial charge on any atom is 0.251 e. The van der Waals surface area contributed by atoms with Crippen LogP contribution in [-0.2, 0) is 0 Å². The summed E-state index contributed by atoms with van der Waals surface area (Å²) < 4.78 is 24.1. The van der Waals surface area contributed by atoms with Gasteiger partial charge in [-0.05, 0) is 31.7 Å². The summed E-state index contributed by atoms with van der Waals surface area (Å²) in [5.74, 6) is 0.414. The van der Waals surface area contributed by atoms with E-state index < -0.39 is 6.43 Å². The van der Waals surface area contributed by atoms with Crippen LogP contribution in [-0.4, -0.2) is 42.7 Å². The molecule has 0 aromatic carbocycles. The second-order valence-corrected chi connectivity index (χ2v) is 3.67. The largest absolute Gasteiger partial charge is 0.396 e. The fraction of sp³-hybridized carbons (Fsp3) is 1.00. The summed E-state index contributed by atoms with van der Waals surface area (Å²) in [4.78, 5) is 1.80. The molecule has 0 radical (unpaired) electrons. The summed E-state index contributed by atoms with van der Waals surface area (Å²) in [6.45, 7) is 1.58. The van der Waals surface area contributed by atoms with E-state index in [1.807, 2.05) is 0 Å². The van der Waals surface area contributed by atoms with Gasteiger partial charge in [-0.2, -0.15) is 0 Å². The standard InChI is InChI=1S/C9H17F2NO/c10-9(11)7-12-4-1-2-8(6-12)3-5-13/h8-9,13H,1-7H2. The maximum atomic E-state index is 12.0. The Bertz CT molecular complexity index is 142. The molecule has 13 heavy (non-hydrogen) atoms. The van der Waals surface area contributed by atoms with Crippen molar-refractivity contribution in [3.63, 3.8) is 0 Å². The molecule has 2 nitrogen and oxygen atoms in total. The molecule has 1 heterocycles. The van der Waals surface area contributed by atoms with Crippen molar-refractivity contribution in [2.24, 2.45) is 5.92 Å². The van der Waals surface area contributed by atoms with Crippen LogP contribution in [0.15, 0.2) is 0 Å². The van der Waals surface area contributed by atoms with Crippen LogP contribution in [0.25, 0.3) is 0 Å². The number of hydrogen-bond acceptors (Lipinski definition) is 2. The van der Waals surface area contributed by atoms with Gasteiger partial charge in [0.15, 0.2) is 0 Å². The normalized spacial score (nSPS) is 25.4. The van der Waals surface area contributed by atoms with E-state index in [0.29, 0.717) is 5.92 Å². The highest BCUT2D eigenvalue weighted by molar-refractivity contribution is 4.73. The zero-order valence-corrected chi connectivity index (χ0v) is 7.75. The lowest BCUT2D eigenvalue weighted by Crippen LogP contribution is -2.38. The van der Waals surface area contributed by atoms with E-state index >= 15 is 0 Å². The first-order chi connectivity index (χ1) is 6.22. The topological polar surface area (TPSA) is 23.5 Å². The Morgan fingerprint density at radius 2 is 2.23 bits per heavy atom. The Kier molecular flexibility index (Phi) is 4.59. The number of aliphatic hydroxyl groups is 1. The minimum atomic E-state index is -2.23. The van der Waals surface area contributed by atoms with Crippen LogP contribution >= 0.6 is 0 Å². The fourth-order valence-corrected chi connectivity index (χ4v) is 1.93. The van der Waals surface area contributed by atoms with Gasteiger partial charge in [-0.25, -0.2) is 8.78 Å². The molecule has 1 fully saturated rings. The lowest BCUT2D eigenvalue weighted by molar-refractivity contribution is 0.0603. The molecule has 1 N–H and O–H groups in total.